The second kappa shape index (κ2) is 8.93. The van der Waals surface area contributed by atoms with Gasteiger partial charge in [0.2, 0.25) is 0 Å². The zero-order chi connectivity index (χ0) is 11.6. The first kappa shape index (κ1) is 13.9. The van der Waals surface area contributed by atoms with Crippen LogP contribution >= 0.6 is 0 Å². The first-order valence-electron chi connectivity index (χ1n) is 6.30. The molecule has 0 radical (unpaired) electrons. The average molecular weight is 231 g/mol. The van der Waals surface area contributed by atoms with Crippen LogP contribution in [0, 0.1) is 0 Å². The molecule has 1 rings (SSSR count). The van der Waals surface area contributed by atoms with E-state index < -0.39 is 0 Å². The smallest absolute Gasteiger partial charge is 0.0589 e. The predicted molar refractivity (Wildman–Crippen MR) is 63.6 cm³/mol. The van der Waals surface area contributed by atoms with Crippen LogP contribution in [0.25, 0.3) is 0 Å². The van der Waals surface area contributed by atoms with Gasteiger partial charge in [-0.1, -0.05) is 0 Å². The van der Waals surface area contributed by atoms with Crippen LogP contribution in [0.15, 0.2) is 0 Å². The highest BCUT2D eigenvalue weighted by atomic mass is 16.5. The number of aliphatic hydroxyl groups excluding tert-OH is 1. The SMILES string of the molecule is COCCN(CCO)CCCC1CCCO1. The summed E-state index contributed by atoms with van der Waals surface area (Å²) < 4.78 is 10.6. The molecule has 0 bridgehead atoms. The lowest BCUT2D eigenvalue weighted by atomic mass is 10.1. The summed E-state index contributed by atoms with van der Waals surface area (Å²) in [5.74, 6) is 0. The third kappa shape index (κ3) is 5.80. The normalized spacial score (nSPS) is 20.8. The molecule has 1 saturated heterocycles. The fourth-order valence-electron chi connectivity index (χ4n) is 2.11. The fourth-order valence-corrected chi connectivity index (χ4v) is 2.11. The van der Waals surface area contributed by atoms with Crippen molar-refractivity contribution in [1.82, 2.24) is 4.90 Å². The Labute approximate surface area is 98.5 Å². The van der Waals surface area contributed by atoms with Crippen LogP contribution in [0.5, 0.6) is 0 Å². The van der Waals surface area contributed by atoms with Crippen molar-refractivity contribution in [3.05, 3.63) is 0 Å². The Kier molecular flexibility index (Phi) is 7.76. The highest BCUT2D eigenvalue weighted by Crippen LogP contribution is 2.16. The minimum absolute atomic E-state index is 0.226. The molecule has 0 aliphatic carbocycles. The van der Waals surface area contributed by atoms with E-state index in [1.807, 2.05) is 0 Å². The maximum absolute atomic E-state index is 8.94. The van der Waals surface area contributed by atoms with E-state index in [0.717, 1.165) is 45.7 Å². The minimum Gasteiger partial charge on any atom is -0.395 e. The van der Waals surface area contributed by atoms with Gasteiger partial charge in [-0.3, -0.25) is 4.90 Å². The number of methoxy groups -OCH3 is 1. The number of rotatable bonds is 9. The van der Waals surface area contributed by atoms with Crippen molar-refractivity contribution >= 4 is 0 Å². The Hall–Kier alpha value is -0.160. The van der Waals surface area contributed by atoms with E-state index in [9.17, 15) is 0 Å². The number of hydrogen-bond donors (Lipinski definition) is 1. The molecule has 1 N–H and O–H groups in total. The number of aliphatic hydroxyl groups is 1. The minimum atomic E-state index is 0.226. The standard InChI is InChI=1S/C12H25NO3/c1-15-11-8-13(7-9-14)6-2-4-12-5-3-10-16-12/h12,14H,2-11H2,1H3. The molecule has 16 heavy (non-hydrogen) atoms. The van der Waals surface area contributed by atoms with Gasteiger partial charge in [0.05, 0.1) is 19.3 Å². The van der Waals surface area contributed by atoms with E-state index in [1.165, 1.54) is 12.8 Å². The third-order valence-corrected chi connectivity index (χ3v) is 3.05. The van der Waals surface area contributed by atoms with Crippen molar-refractivity contribution in [2.75, 3.05) is 46.6 Å². The van der Waals surface area contributed by atoms with E-state index >= 15 is 0 Å². The highest BCUT2D eigenvalue weighted by molar-refractivity contribution is 4.66. The summed E-state index contributed by atoms with van der Waals surface area (Å²) in [7, 11) is 1.71. The van der Waals surface area contributed by atoms with Gasteiger partial charge in [-0.05, 0) is 32.2 Å². The van der Waals surface area contributed by atoms with E-state index in [1.54, 1.807) is 7.11 Å². The Balaban J connectivity index is 2.05. The van der Waals surface area contributed by atoms with Gasteiger partial charge in [0.15, 0.2) is 0 Å². The molecule has 0 saturated carbocycles. The molecular formula is C12H25NO3. The van der Waals surface area contributed by atoms with Crippen molar-refractivity contribution in [3.8, 4) is 0 Å². The Morgan fingerprint density at radius 1 is 1.38 bits per heavy atom. The van der Waals surface area contributed by atoms with Crippen molar-refractivity contribution in [2.24, 2.45) is 0 Å². The summed E-state index contributed by atoms with van der Waals surface area (Å²) in [5.41, 5.74) is 0. The van der Waals surface area contributed by atoms with E-state index in [4.69, 9.17) is 14.6 Å². The summed E-state index contributed by atoms with van der Waals surface area (Å²) >= 11 is 0. The second-order valence-corrected chi connectivity index (χ2v) is 4.34. The third-order valence-electron chi connectivity index (χ3n) is 3.05. The van der Waals surface area contributed by atoms with Crippen LogP contribution in [-0.2, 0) is 9.47 Å². The quantitative estimate of drug-likeness (QED) is 0.640. The maximum atomic E-state index is 8.94. The number of nitrogens with zero attached hydrogens (tertiary/aromatic N) is 1. The molecule has 4 nitrogen and oxygen atoms in total. The Morgan fingerprint density at radius 2 is 2.25 bits per heavy atom. The summed E-state index contributed by atoms with van der Waals surface area (Å²) in [6.07, 6.45) is 5.22. The van der Waals surface area contributed by atoms with Crippen LogP contribution in [0.3, 0.4) is 0 Å². The van der Waals surface area contributed by atoms with Crippen molar-refractivity contribution < 1.29 is 14.6 Å². The zero-order valence-electron chi connectivity index (χ0n) is 10.4. The lowest BCUT2D eigenvalue weighted by Gasteiger charge is -2.21. The van der Waals surface area contributed by atoms with Gasteiger partial charge in [-0.2, -0.15) is 0 Å². The van der Waals surface area contributed by atoms with Crippen LogP contribution < -0.4 is 0 Å². The lowest BCUT2D eigenvalue weighted by molar-refractivity contribution is 0.0930. The molecule has 0 amide bonds. The fraction of sp³-hybridized carbons (Fsp3) is 1.00. The molecule has 1 unspecified atom stereocenters. The molecule has 1 aliphatic rings. The molecular weight excluding hydrogens is 206 g/mol. The van der Waals surface area contributed by atoms with Gasteiger partial charge in [0.25, 0.3) is 0 Å². The monoisotopic (exact) mass is 231 g/mol. The van der Waals surface area contributed by atoms with Crippen molar-refractivity contribution in [3.63, 3.8) is 0 Å². The molecule has 0 aromatic rings. The topological polar surface area (TPSA) is 41.9 Å². The molecule has 0 aromatic heterocycles. The summed E-state index contributed by atoms with van der Waals surface area (Å²) in [6.45, 7) is 4.58. The van der Waals surface area contributed by atoms with E-state index in [2.05, 4.69) is 4.90 Å². The van der Waals surface area contributed by atoms with Gasteiger partial charge in [-0.15, -0.1) is 0 Å². The van der Waals surface area contributed by atoms with Crippen molar-refractivity contribution in [2.45, 2.75) is 31.8 Å². The average Bonchev–Trinajstić information content (AvgIpc) is 2.79. The first-order chi connectivity index (χ1) is 7.86. The number of ether oxygens (including phenoxy) is 2. The lowest BCUT2D eigenvalue weighted by Crippen LogP contribution is -2.31. The zero-order valence-corrected chi connectivity index (χ0v) is 10.4. The summed E-state index contributed by atoms with van der Waals surface area (Å²) in [6, 6.07) is 0. The second-order valence-electron chi connectivity index (χ2n) is 4.34. The molecule has 1 fully saturated rings. The van der Waals surface area contributed by atoms with E-state index in [0.29, 0.717) is 6.10 Å². The van der Waals surface area contributed by atoms with Gasteiger partial charge in [-0.25, -0.2) is 0 Å². The van der Waals surface area contributed by atoms with Crippen LogP contribution in [-0.4, -0.2) is 62.7 Å². The van der Waals surface area contributed by atoms with Gasteiger partial charge in [0, 0.05) is 26.8 Å². The molecule has 4 heteroatoms. The molecule has 1 atom stereocenters. The number of hydrogen-bond acceptors (Lipinski definition) is 4. The van der Waals surface area contributed by atoms with Crippen LogP contribution in [0.4, 0.5) is 0 Å². The van der Waals surface area contributed by atoms with Gasteiger partial charge >= 0.3 is 0 Å². The van der Waals surface area contributed by atoms with Crippen LogP contribution in [0.1, 0.15) is 25.7 Å². The highest BCUT2D eigenvalue weighted by Gasteiger charge is 2.15. The Morgan fingerprint density at radius 3 is 2.88 bits per heavy atom. The summed E-state index contributed by atoms with van der Waals surface area (Å²) in [4.78, 5) is 2.25. The largest absolute Gasteiger partial charge is 0.395 e. The molecule has 96 valence electrons. The van der Waals surface area contributed by atoms with Gasteiger partial charge < -0.3 is 14.6 Å². The maximum Gasteiger partial charge on any atom is 0.0589 e. The molecule has 0 spiro atoms. The predicted octanol–water partition coefficient (Wildman–Crippen LogP) is 0.886. The molecule has 0 aromatic carbocycles. The molecule has 1 heterocycles. The van der Waals surface area contributed by atoms with Gasteiger partial charge in [0.1, 0.15) is 0 Å². The van der Waals surface area contributed by atoms with Crippen molar-refractivity contribution in [1.29, 1.82) is 0 Å². The summed E-state index contributed by atoms with van der Waals surface area (Å²) in [5, 5.41) is 8.94. The Bertz CT molecular complexity index is 160. The molecule has 1 aliphatic heterocycles. The first-order valence-corrected chi connectivity index (χ1v) is 6.30. The van der Waals surface area contributed by atoms with E-state index in [-0.39, 0.29) is 6.61 Å². The van der Waals surface area contributed by atoms with Crippen LogP contribution in [0.2, 0.25) is 0 Å².